The van der Waals surface area contributed by atoms with E-state index in [0.717, 1.165) is 18.3 Å². The third kappa shape index (κ3) is 4.65. The predicted octanol–water partition coefficient (Wildman–Crippen LogP) is 5.20. The summed E-state index contributed by atoms with van der Waals surface area (Å²) in [4.78, 5) is 16.8. The lowest BCUT2D eigenvalue weighted by Crippen LogP contribution is -2.25. The van der Waals surface area contributed by atoms with Crippen LogP contribution in [-0.4, -0.2) is 28.9 Å². The van der Waals surface area contributed by atoms with Crippen LogP contribution >= 0.6 is 0 Å². The summed E-state index contributed by atoms with van der Waals surface area (Å²) < 4.78 is 91.5. The van der Waals surface area contributed by atoms with E-state index in [2.05, 4.69) is 10.1 Å². The number of pyridine rings is 1. The van der Waals surface area contributed by atoms with Gasteiger partial charge in [0.05, 0.1) is 22.9 Å². The molecule has 0 spiro atoms. The number of fused-ring (bicyclic) bond motifs is 1. The van der Waals surface area contributed by atoms with E-state index < -0.39 is 33.6 Å². The second kappa shape index (κ2) is 8.84. The van der Waals surface area contributed by atoms with Crippen LogP contribution in [0.4, 0.5) is 22.0 Å². The summed E-state index contributed by atoms with van der Waals surface area (Å²) >= 11 is 0. The maximum atomic E-state index is 13.2. The molecule has 2 heterocycles. The third-order valence-electron chi connectivity index (χ3n) is 5.36. The van der Waals surface area contributed by atoms with E-state index in [1.165, 1.54) is 43.5 Å². The molecule has 2 aromatic heterocycles. The first-order chi connectivity index (χ1) is 16.4. The van der Waals surface area contributed by atoms with Gasteiger partial charge in [0.15, 0.2) is 15.7 Å². The first-order valence-corrected chi connectivity index (χ1v) is 11.8. The van der Waals surface area contributed by atoms with Crippen LogP contribution in [-0.2, 0) is 16.0 Å². The highest BCUT2D eigenvalue weighted by molar-refractivity contribution is 7.91. The van der Waals surface area contributed by atoms with Gasteiger partial charge in [-0.2, -0.15) is 23.0 Å². The van der Waals surface area contributed by atoms with Crippen molar-refractivity contribution < 1.29 is 30.4 Å². The molecule has 182 valence electrons. The fraction of sp³-hybridized carbons (Fsp3) is 0.174. The van der Waals surface area contributed by atoms with Crippen molar-refractivity contribution in [2.24, 2.45) is 0 Å². The molecule has 0 aliphatic rings. The van der Waals surface area contributed by atoms with E-state index >= 15 is 0 Å². The highest BCUT2D eigenvalue weighted by Crippen LogP contribution is 2.31. The van der Waals surface area contributed by atoms with Crippen LogP contribution in [0.2, 0.25) is 0 Å². The van der Waals surface area contributed by atoms with Crippen LogP contribution in [0.3, 0.4) is 0 Å². The number of hydrogen-bond donors (Lipinski definition) is 0. The van der Waals surface area contributed by atoms with E-state index in [9.17, 15) is 35.2 Å². The average molecular weight is 509 g/mol. The Hall–Kier alpha value is -3.67. The number of aromatic nitrogens is 3. The predicted molar refractivity (Wildman–Crippen MR) is 118 cm³/mol. The van der Waals surface area contributed by atoms with E-state index in [0.29, 0.717) is 16.3 Å². The van der Waals surface area contributed by atoms with Crippen molar-refractivity contribution in [1.29, 1.82) is 0 Å². The number of halogens is 5. The quantitative estimate of drug-likeness (QED) is 0.346. The Morgan fingerprint density at radius 1 is 0.971 bits per heavy atom. The molecule has 0 saturated heterocycles. The van der Waals surface area contributed by atoms with Gasteiger partial charge >= 0.3 is 6.18 Å². The molecule has 0 aliphatic heterocycles. The topological polar surface area (TPSA) is 81.9 Å². The van der Waals surface area contributed by atoms with Crippen molar-refractivity contribution in [3.63, 3.8) is 0 Å². The van der Waals surface area contributed by atoms with Gasteiger partial charge < -0.3 is 0 Å². The van der Waals surface area contributed by atoms with Gasteiger partial charge in [0.1, 0.15) is 4.90 Å². The Bertz CT molecular complexity index is 1580. The lowest BCUT2D eigenvalue weighted by Gasteiger charge is -2.13. The summed E-state index contributed by atoms with van der Waals surface area (Å²) in [5, 5.41) is 3.74. The van der Waals surface area contributed by atoms with E-state index in [1.807, 2.05) is 0 Å². The van der Waals surface area contributed by atoms with Gasteiger partial charge in [-0.3, -0.25) is 4.79 Å². The summed E-state index contributed by atoms with van der Waals surface area (Å²) in [6.07, 6.45) is -5.00. The van der Waals surface area contributed by atoms with E-state index in [1.54, 1.807) is 0 Å². The Kier molecular flexibility index (Phi) is 6.18. The highest BCUT2D eigenvalue weighted by atomic mass is 32.2. The van der Waals surface area contributed by atoms with E-state index in [-0.39, 0.29) is 38.4 Å². The lowest BCUT2D eigenvalue weighted by atomic mass is 10.1. The number of hydrogen-bond acceptors (Lipinski definition) is 5. The average Bonchev–Trinajstić information content (AvgIpc) is 2.83. The maximum Gasteiger partial charge on any atom is 0.416 e. The van der Waals surface area contributed by atoms with Gasteiger partial charge in [0, 0.05) is 22.7 Å². The minimum Gasteiger partial charge on any atom is -0.267 e. The molecule has 0 bridgehead atoms. The minimum absolute atomic E-state index is 0.134. The number of sulfone groups is 1. The van der Waals surface area contributed by atoms with Crippen LogP contribution in [0.15, 0.2) is 70.6 Å². The van der Waals surface area contributed by atoms with Crippen molar-refractivity contribution >= 4 is 20.6 Å². The van der Waals surface area contributed by atoms with Gasteiger partial charge in [-0.1, -0.05) is 37.3 Å². The summed E-state index contributed by atoms with van der Waals surface area (Å²) in [7, 11) is -3.99. The Balaban J connectivity index is 1.92. The molecular formula is C23H16F5N3O3S. The first-order valence-electron chi connectivity index (χ1n) is 10.1. The zero-order valence-electron chi connectivity index (χ0n) is 17.9. The standard InChI is InChI=1S/C23H16F5N3O3S/c1-2-35(33,34)19-9-16(13-3-5-14(6-4-13)20(24)25)11-29-21(19)31-22(32)18-10-17(23(26,27)28)8-7-15(18)12-30-31/h3-12,20H,2H2,1H3. The second-order valence-electron chi connectivity index (χ2n) is 7.53. The zero-order chi connectivity index (χ0) is 25.5. The van der Waals surface area contributed by atoms with Crippen molar-refractivity contribution in [3.8, 4) is 16.9 Å². The van der Waals surface area contributed by atoms with Crippen LogP contribution < -0.4 is 5.56 Å². The number of alkyl halides is 5. The molecule has 2 aromatic carbocycles. The second-order valence-corrected chi connectivity index (χ2v) is 9.78. The zero-order valence-corrected chi connectivity index (χ0v) is 18.7. The normalized spacial score (nSPS) is 12.4. The molecule has 12 heteroatoms. The maximum absolute atomic E-state index is 13.2. The molecule has 0 saturated carbocycles. The summed E-state index contributed by atoms with van der Waals surface area (Å²) in [5.41, 5.74) is -1.58. The number of rotatable bonds is 5. The first kappa shape index (κ1) is 24.5. The molecule has 0 amide bonds. The summed E-state index contributed by atoms with van der Waals surface area (Å²) in [6, 6.07) is 8.93. The smallest absolute Gasteiger partial charge is 0.267 e. The molecule has 0 N–H and O–H groups in total. The molecule has 0 fully saturated rings. The van der Waals surface area contributed by atoms with Gasteiger partial charge in [-0.25, -0.2) is 22.2 Å². The van der Waals surface area contributed by atoms with Crippen molar-refractivity contribution in [1.82, 2.24) is 14.8 Å². The molecule has 0 aliphatic carbocycles. The molecule has 4 aromatic rings. The Morgan fingerprint density at radius 2 is 1.66 bits per heavy atom. The fourth-order valence-corrected chi connectivity index (χ4v) is 4.46. The van der Waals surface area contributed by atoms with Crippen LogP contribution in [0.5, 0.6) is 0 Å². The van der Waals surface area contributed by atoms with E-state index in [4.69, 9.17) is 0 Å². The van der Waals surface area contributed by atoms with Crippen LogP contribution in [0.1, 0.15) is 24.5 Å². The van der Waals surface area contributed by atoms with Crippen LogP contribution in [0.25, 0.3) is 27.7 Å². The lowest BCUT2D eigenvalue weighted by molar-refractivity contribution is -0.137. The molecule has 0 radical (unpaired) electrons. The Morgan fingerprint density at radius 3 is 2.26 bits per heavy atom. The van der Waals surface area contributed by atoms with Crippen molar-refractivity contribution in [2.45, 2.75) is 24.4 Å². The molecule has 0 unspecified atom stereocenters. The molecular weight excluding hydrogens is 493 g/mol. The molecule has 4 rings (SSSR count). The molecule has 0 atom stereocenters. The van der Waals surface area contributed by atoms with Crippen molar-refractivity contribution in [2.75, 3.05) is 5.75 Å². The number of benzene rings is 2. The molecule has 6 nitrogen and oxygen atoms in total. The highest BCUT2D eigenvalue weighted by Gasteiger charge is 2.31. The minimum atomic E-state index is -4.69. The van der Waals surface area contributed by atoms with Gasteiger partial charge in [0.2, 0.25) is 0 Å². The number of nitrogens with zero attached hydrogens (tertiary/aromatic N) is 3. The SMILES string of the molecule is CCS(=O)(=O)c1cc(-c2ccc(C(F)F)cc2)cnc1-n1ncc2ccc(C(F)(F)F)cc2c1=O. The fourth-order valence-electron chi connectivity index (χ4n) is 3.43. The molecule has 35 heavy (non-hydrogen) atoms. The van der Waals surface area contributed by atoms with Crippen molar-refractivity contribution in [3.05, 3.63) is 82.4 Å². The monoisotopic (exact) mass is 509 g/mol. The largest absolute Gasteiger partial charge is 0.416 e. The van der Waals surface area contributed by atoms with Gasteiger partial charge in [-0.05, 0) is 23.8 Å². The summed E-state index contributed by atoms with van der Waals surface area (Å²) in [6.45, 7) is 1.37. The summed E-state index contributed by atoms with van der Waals surface area (Å²) in [5.74, 6) is -0.750. The van der Waals surface area contributed by atoms with Gasteiger partial charge in [0.25, 0.3) is 12.0 Å². The van der Waals surface area contributed by atoms with Crippen LogP contribution in [0, 0.1) is 0 Å². The third-order valence-corrected chi connectivity index (χ3v) is 7.09. The Labute approximate surface area is 195 Å². The van der Waals surface area contributed by atoms with Gasteiger partial charge in [-0.15, -0.1) is 0 Å².